The van der Waals surface area contributed by atoms with E-state index in [9.17, 15) is 10.1 Å². The van der Waals surface area contributed by atoms with E-state index in [1.54, 1.807) is 18.2 Å². The molecule has 0 aliphatic carbocycles. The van der Waals surface area contributed by atoms with Gasteiger partial charge >= 0.3 is 5.97 Å². The predicted octanol–water partition coefficient (Wildman–Crippen LogP) is 3.14. The molecule has 0 aliphatic heterocycles. The molecule has 0 saturated heterocycles. The highest BCUT2D eigenvalue weighted by Crippen LogP contribution is 2.32. The zero-order chi connectivity index (χ0) is 15.0. The van der Waals surface area contributed by atoms with Crippen LogP contribution in [0.4, 0.5) is 0 Å². The number of rotatable bonds is 6. The second kappa shape index (κ2) is 7.96. The van der Waals surface area contributed by atoms with E-state index < -0.39 is 5.92 Å². The quantitative estimate of drug-likeness (QED) is 0.744. The minimum absolute atomic E-state index is 0.132. The second-order valence-electron chi connectivity index (χ2n) is 4.63. The summed E-state index contributed by atoms with van der Waals surface area (Å²) in [4.78, 5) is 11.5. The molecule has 0 radical (unpaired) electrons. The zero-order valence-electron chi connectivity index (χ0n) is 11.8. The molecule has 0 saturated carbocycles. The van der Waals surface area contributed by atoms with Gasteiger partial charge in [-0.1, -0.05) is 31.5 Å². The summed E-state index contributed by atoms with van der Waals surface area (Å²) in [7, 11) is 1.34. The van der Waals surface area contributed by atoms with Crippen LogP contribution in [0.5, 0.6) is 0 Å². The molecule has 1 aromatic carbocycles. The lowest BCUT2D eigenvalue weighted by molar-refractivity contribution is -0.141. The third-order valence-corrected chi connectivity index (χ3v) is 3.34. The predicted molar refractivity (Wildman–Crippen MR) is 74.5 cm³/mol. The Morgan fingerprint density at radius 3 is 2.60 bits per heavy atom. The van der Waals surface area contributed by atoms with E-state index in [1.807, 2.05) is 13.0 Å². The van der Waals surface area contributed by atoms with Gasteiger partial charge in [0.25, 0.3) is 0 Å². The second-order valence-corrected chi connectivity index (χ2v) is 4.63. The standard InChI is InChI=1S/C16H18N2O2/c1-3-6-12(9-16(19)20-2)15(11-18)14-8-5-4-7-13(14)10-17/h4-5,7-8,12,15H,3,6,9H2,1-2H3. The summed E-state index contributed by atoms with van der Waals surface area (Å²) in [6.45, 7) is 2.01. The van der Waals surface area contributed by atoms with Gasteiger partial charge in [-0.25, -0.2) is 0 Å². The number of methoxy groups -OCH3 is 1. The van der Waals surface area contributed by atoms with Crippen LogP contribution in [-0.2, 0) is 9.53 Å². The van der Waals surface area contributed by atoms with Crippen LogP contribution in [-0.4, -0.2) is 13.1 Å². The van der Waals surface area contributed by atoms with Crippen LogP contribution in [0.3, 0.4) is 0 Å². The first-order valence-electron chi connectivity index (χ1n) is 6.63. The van der Waals surface area contributed by atoms with Crippen molar-refractivity contribution in [1.82, 2.24) is 0 Å². The van der Waals surface area contributed by atoms with Gasteiger partial charge in [0.1, 0.15) is 0 Å². The first-order valence-corrected chi connectivity index (χ1v) is 6.63. The van der Waals surface area contributed by atoms with Crippen LogP contribution >= 0.6 is 0 Å². The molecule has 2 unspecified atom stereocenters. The molecule has 20 heavy (non-hydrogen) atoms. The average Bonchev–Trinajstić information content (AvgIpc) is 2.48. The van der Waals surface area contributed by atoms with E-state index in [1.165, 1.54) is 7.11 Å². The lowest BCUT2D eigenvalue weighted by atomic mass is 9.80. The van der Waals surface area contributed by atoms with Crippen LogP contribution < -0.4 is 0 Å². The van der Waals surface area contributed by atoms with Crippen molar-refractivity contribution in [2.24, 2.45) is 5.92 Å². The number of hydrogen-bond donors (Lipinski definition) is 0. The molecule has 0 N–H and O–H groups in total. The summed E-state index contributed by atoms with van der Waals surface area (Å²) >= 11 is 0. The number of hydrogen-bond acceptors (Lipinski definition) is 4. The molecule has 1 rings (SSSR count). The molecule has 0 aliphatic rings. The van der Waals surface area contributed by atoms with E-state index >= 15 is 0 Å². The Kier molecular flexibility index (Phi) is 6.26. The van der Waals surface area contributed by atoms with Gasteiger partial charge < -0.3 is 4.74 Å². The fraction of sp³-hybridized carbons (Fsp3) is 0.438. The maximum Gasteiger partial charge on any atom is 0.305 e. The van der Waals surface area contributed by atoms with Crippen molar-refractivity contribution in [1.29, 1.82) is 10.5 Å². The number of esters is 1. The Morgan fingerprint density at radius 2 is 2.05 bits per heavy atom. The van der Waals surface area contributed by atoms with Crippen LogP contribution in [0.15, 0.2) is 24.3 Å². The normalized spacial score (nSPS) is 12.8. The third kappa shape index (κ3) is 3.83. The smallest absolute Gasteiger partial charge is 0.305 e. The largest absolute Gasteiger partial charge is 0.469 e. The third-order valence-electron chi connectivity index (χ3n) is 3.34. The zero-order valence-corrected chi connectivity index (χ0v) is 11.8. The van der Waals surface area contributed by atoms with Gasteiger partial charge in [0.15, 0.2) is 0 Å². The van der Waals surface area contributed by atoms with Crippen molar-refractivity contribution >= 4 is 5.97 Å². The molecule has 4 nitrogen and oxygen atoms in total. The number of benzene rings is 1. The van der Waals surface area contributed by atoms with E-state index in [4.69, 9.17) is 10.00 Å². The summed E-state index contributed by atoms with van der Waals surface area (Å²) in [5.74, 6) is -0.921. The number of nitrogens with zero attached hydrogens (tertiary/aromatic N) is 2. The van der Waals surface area contributed by atoms with Crippen molar-refractivity contribution < 1.29 is 9.53 Å². The van der Waals surface area contributed by atoms with Crippen molar-refractivity contribution in [2.75, 3.05) is 7.11 Å². The van der Waals surface area contributed by atoms with E-state index in [0.717, 1.165) is 12.8 Å². The van der Waals surface area contributed by atoms with E-state index in [-0.39, 0.29) is 18.3 Å². The van der Waals surface area contributed by atoms with E-state index in [2.05, 4.69) is 12.1 Å². The molecule has 0 heterocycles. The Morgan fingerprint density at radius 1 is 1.35 bits per heavy atom. The highest BCUT2D eigenvalue weighted by molar-refractivity contribution is 5.69. The van der Waals surface area contributed by atoms with Crippen LogP contribution in [0.1, 0.15) is 43.2 Å². The van der Waals surface area contributed by atoms with Gasteiger partial charge in [-0.2, -0.15) is 10.5 Å². The number of carbonyl (C=O) groups is 1. The molecule has 0 amide bonds. The Balaban J connectivity index is 3.10. The minimum atomic E-state index is -0.468. The number of carbonyl (C=O) groups excluding carboxylic acids is 1. The molecule has 1 aromatic rings. The minimum Gasteiger partial charge on any atom is -0.469 e. The number of ether oxygens (including phenoxy) is 1. The summed E-state index contributed by atoms with van der Waals surface area (Å²) < 4.78 is 4.70. The molecule has 4 heteroatoms. The topological polar surface area (TPSA) is 73.9 Å². The molecule has 0 bridgehead atoms. The van der Waals surface area contributed by atoms with Gasteiger partial charge in [-0.05, 0) is 24.0 Å². The SMILES string of the molecule is CCCC(CC(=O)OC)C(C#N)c1ccccc1C#N. The summed E-state index contributed by atoms with van der Waals surface area (Å²) in [5.41, 5.74) is 1.19. The maximum atomic E-state index is 11.5. The molecule has 0 aromatic heterocycles. The highest BCUT2D eigenvalue weighted by Gasteiger charge is 2.27. The van der Waals surface area contributed by atoms with Gasteiger partial charge in [0, 0.05) is 6.42 Å². The Hall–Kier alpha value is -2.33. The Bertz CT molecular complexity index is 540. The van der Waals surface area contributed by atoms with Crippen LogP contribution in [0, 0.1) is 28.6 Å². The van der Waals surface area contributed by atoms with Gasteiger partial charge in [0.2, 0.25) is 0 Å². The summed E-state index contributed by atoms with van der Waals surface area (Å²) in [5, 5.41) is 18.6. The molecule has 0 fully saturated rings. The lowest BCUT2D eigenvalue weighted by Crippen LogP contribution is -2.18. The summed E-state index contributed by atoms with van der Waals surface area (Å²) in [6.07, 6.45) is 1.81. The molecular formula is C16H18N2O2. The first-order chi connectivity index (χ1) is 9.67. The lowest BCUT2D eigenvalue weighted by Gasteiger charge is -2.21. The monoisotopic (exact) mass is 270 g/mol. The van der Waals surface area contributed by atoms with Crippen molar-refractivity contribution in [2.45, 2.75) is 32.1 Å². The highest BCUT2D eigenvalue weighted by atomic mass is 16.5. The van der Waals surface area contributed by atoms with E-state index in [0.29, 0.717) is 11.1 Å². The average molecular weight is 270 g/mol. The van der Waals surface area contributed by atoms with Crippen molar-refractivity contribution in [3.63, 3.8) is 0 Å². The van der Waals surface area contributed by atoms with Crippen LogP contribution in [0.2, 0.25) is 0 Å². The Labute approximate surface area is 119 Å². The van der Waals surface area contributed by atoms with Crippen molar-refractivity contribution in [3.8, 4) is 12.1 Å². The molecule has 104 valence electrons. The van der Waals surface area contributed by atoms with Gasteiger partial charge in [-0.15, -0.1) is 0 Å². The maximum absolute atomic E-state index is 11.5. The molecule has 0 spiro atoms. The van der Waals surface area contributed by atoms with Crippen LogP contribution in [0.25, 0.3) is 0 Å². The molecule has 2 atom stereocenters. The summed E-state index contributed by atoms with van der Waals surface area (Å²) in [6, 6.07) is 11.4. The number of nitriles is 2. The molecular weight excluding hydrogens is 252 g/mol. The fourth-order valence-electron chi connectivity index (χ4n) is 2.35. The first kappa shape index (κ1) is 15.7. The van der Waals surface area contributed by atoms with Gasteiger partial charge in [0.05, 0.1) is 30.7 Å². The van der Waals surface area contributed by atoms with Gasteiger partial charge in [-0.3, -0.25) is 4.79 Å². The fourth-order valence-corrected chi connectivity index (χ4v) is 2.35. The van der Waals surface area contributed by atoms with Crippen molar-refractivity contribution in [3.05, 3.63) is 35.4 Å².